The Labute approximate surface area is 165 Å². The van der Waals surface area contributed by atoms with E-state index in [0.29, 0.717) is 31.5 Å². The number of amides is 1. The molecule has 0 saturated carbocycles. The predicted octanol–water partition coefficient (Wildman–Crippen LogP) is 0.926. The molecule has 2 N–H and O–H groups in total. The number of pyridine rings is 1. The van der Waals surface area contributed by atoms with Gasteiger partial charge in [0.25, 0.3) is 5.91 Å². The maximum Gasteiger partial charge on any atom is 0.355 e. The first-order chi connectivity index (χ1) is 14.0. The largest absolute Gasteiger partial charge is 0.469 e. The molecule has 0 unspecified atom stereocenters. The van der Waals surface area contributed by atoms with Crippen molar-refractivity contribution in [2.24, 2.45) is 5.92 Å². The van der Waals surface area contributed by atoms with Crippen molar-refractivity contribution in [3.05, 3.63) is 46.5 Å². The molecule has 3 heterocycles. The highest BCUT2D eigenvalue weighted by atomic mass is 16.6. The lowest BCUT2D eigenvalue weighted by molar-refractivity contribution is -0.383. The molecule has 0 atom stereocenters. The molecule has 29 heavy (non-hydrogen) atoms. The van der Waals surface area contributed by atoms with Crippen LogP contribution in [0.3, 0.4) is 0 Å². The van der Waals surface area contributed by atoms with Crippen molar-refractivity contribution in [1.82, 2.24) is 20.4 Å². The minimum atomic E-state index is -0.608. The smallest absolute Gasteiger partial charge is 0.355 e. The van der Waals surface area contributed by atoms with E-state index in [1.807, 2.05) is 0 Å². The number of carbonyl (C=O) groups excluding carboxylic acids is 2. The highest BCUT2D eigenvalue weighted by Gasteiger charge is 2.32. The van der Waals surface area contributed by atoms with Gasteiger partial charge in [0.05, 0.1) is 18.0 Å². The van der Waals surface area contributed by atoms with Gasteiger partial charge in [-0.15, -0.1) is 0 Å². The number of hydrogen-bond donors (Lipinski definition) is 2. The van der Waals surface area contributed by atoms with E-state index in [1.165, 1.54) is 38.0 Å². The van der Waals surface area contributed by atoms with Crippen molar-refractivity contribution >= 4 is 29.2 Å². The molecule has 1 fully saturated rings. The van der Waals surface area contributed by atoms with E-state index in [-0.39, 0.29) is 29.2 Å². The molecule has 1 amide bonds. The van der Waals surface area contributed by atoms with Gasteiger partial charge in [0.1, 0.15) is 6.33 Å². The first-order valence-electron chi connectivity index (χ1n) is 8.79. The Hall–Kier alpha value is -3.83. The van der Waals surface area contributed by atoms with Crippen LogP contribution >= 0.6 is 0 Å². The second-order valence-corrected chi connectivity index (χ2v) is 6.25. The molecule has 0 aliphatic carbocycles. The third-order valence-electron chi connectivity index (χ3n) is 4.55. The Morgan fingerprint density at radius 2 is 1.93 bits per heavy atom. The Bertz CT molecular complexity index is 900. The lowest BCUT2D eigenvalue weighted by Gasteiger charge is -2.31. The molecule has 0 aromatic carbocycles. The number of methoxy groups -OCH3 is 1. The first kappa shape index (κ1) is 19.9. The quantitative estimate of drug-likeness (QED) is 0.406. The van der Waals surface area contributed by atoms with Crippen molar-refractivity contribution in [2.45, 2.75) is 12.8 Å². The molecule has 3 rings (SSSR count). The number of anilines is 2. The highest BCUT2D eigenvalue weighted by molar-refractivity contribution is 5.94. The van der Waals surface area contributed by atoms with Crippen LogP contribution in [0.1, 0.15) is 23.2 Å². The average Bonchev–Trinajstić information content (AvgIpc) is 2.77. The number of rotatable bonds is 6. The lowest BCUT2D eigenvalue weighted by Crippen LogP contribution is -2.38. The fourth-order valence-corrected chi connectivity index (χ4v) is 3.05. The van der Waals surface area contributed by atoms with Crippen LogP contribution in [-0.4, -0.2) is 52.0 Å². The lowest BCUT2D eigenvalue weighted by atomic mass is 9.97. The van der Waals surface area contributed by atoms with Gasteiger partial charge in [-0.25, -0.2) is 9.97 Å². The number of hydrazine groups is 1. The van der Waals surface area contributed by atoms with E-state index < -0.39 is 10.8 Å². The fourth-order valence-electron chi connectivity index (χ4n) is 3.05. The zero-order chi connectivity index (χ0) is 20.8. The van der Waals surface area contributed by atoms with Gasteiger partial charge in [-0.05, 0) is 25.0 Å². The van der Waals surface area contributed by atoms with E-state index in [4.69, 9.17) is 4.74 Å². The normalized spacial score (nSPS) is 14.2. The van der Waals surface area contributed by atoms with E-state index >= 15 is 0 Å². The molecule has 1 saturated heterocycles. The molecule has 2 aromatic heterocycles. The van der Waals surface area contributed by atoms with E-state index in [2.05, 4.69) is 25.8 Å². The summed E-state index contributed by atoms with van der Waals surface area (Å²) in [6, 6.07) is 3.00. The molecule has 0 bridgehead atoms. The van der Waals surface area contributed by atoms with Crippen molar-refractivity contribution in [2.75, 3.05) is 30.5 Å². The van der Waals surface area contributed by atoms with Crippen LogP contribution in [0, 0.1) is 16.0 Å². The Kier molecular flexibility index (Phi) is 6.12. The van der Waals surface area contributed by atoms with Crippen molar-refractivity contribution in [3.63, 3.8) is 0 Å². The highest BCUT2D eigenvalue weighted by Crippen LogP contribution is 2.33. The molecule has 1 aliphatic rings. The van der Waals surface area contributed by atoms with Crippen LogP contribution in [0.4, 0.5) is 17.3 Å². The second-order valence-electron chi connectivity index (χ2n) is 6.25. The standard InChI is InChI=1S/C17H19N7O5/c1-29-17(26)12-4-8-23(9-5-12)15-13(24(27)28)14(19-10-20-15)21-22-16(25)11-2-6-18-7-3-11/h2-3,6-7,10,12H,4-5,8-9H2,1H3,(H,22,25)(H,19,20,21). The summed E-state index contributed by atoms with van der Waals surface area (Å²) in [5, 5.41) is 11.7. The molecule has 0 radical (unpaired) electrons. The van der Waals surface area contributed by atoms with Gasteiger partial charge in [-0.3, -0.25) is 35.5 Å². The van der Waals surface area contributed by atoms with Crippen molar-refractivity contribution in [1.29, 1.82) is 0 Å². The SMILES string of the molecule is COC(=O)C1CCN(c2ncnc(NNC(=O)c3ccncc3)c2[N+](=O)[O-])CC1. The van der Waals surface area contributed by atoms with E-state index in [9.17, 15) is 19.7 Å². The molecular weight excluding hydrogens is 382 g/mol. The monoisotopic (exact) mass is 401 g/mol. The number of hydrogen-bond acceptors (Lipinski definition) is 10. The number of nitro groups is 1. The molecule has 152 valence electrons. The summed E-state index contributed by atoms with van der Waals surface area (Å²) in [4.78, 5) is 48.4. The fraction of sp³-hybridized carbons (Fsp3) is 0.353. The summed E-state index contributed by atoms with van der Waals surface area (Å²) < 4.78 is 4.76. The topological polar surface area (TPSA) is 152 Å². The average molecular weight is 401 g/mol. The third-order valence-corrected chi connectivity index (χ3v) is 4.55. The summed E-state index contributed by atoms with van der Waals surface area (Å²) in [6.07, 6.45) is 5.08. The third kappa shape index (κ3) is 4.54. The summed E-state index contributed by atoms with van der Waals surface area (Å²) in [5.74, 6) is -1.05. The molecule has 12 heteroatoms. The molecule has 0 spiro atoms. The van der Waals surface area contributed by atoms with Gasteiger partial charge in [-0.1, -0.05) is 0 Å². The molecule has 12 nitrogen and oxygen atoms in total. The van der Waals surface area contributed by atoms with Crippen LogP contribution in [0.2, 0.25) is 0 Å². The Morgan fingerprint density at radius 1 is 1.24 bits per heavy atom. The van der Waals surface area contributed by atoms with E-state index in [1.54, 1.807) is 4.90 Å². The minimum absolute atomic E-state index is 0.119. The summed E-state index contributed by atoms with van der Waals surface area (Å²) in [6.45, 7) is 0.806. The maximum absolute atomic E-state index is 12.1. The number of carbonyl (C=O) groups is 2. The molecule has 1 aliphatic heterocycles. The second kappa shape index (κ2) is 8.91. The summed E-state index contributed by atoms with van der Waals surface area (Å²) in [7, 11) is 1.34. The van der Waals surface area contributed by atoms with Crippen molar-refractivity contribution < 1.29 is 19.2 Å². The van der Waals surface area contributed by atoms with Crippen LogP contribution in [0.25, 0.3) is 0 Å². The zero-order valence-electron chi connectivity index (χ0n) is 15.6. The number of ether oxygens (including phenoxy) is 1. The summed E-state index contributed by atoms with van der Waals surface area (Å²) >= 11 is 0. The van der Waals surface area contributed by atoms with Gasteiger partial charge < -0.3 is 9.64 Å². The zero-order valence-corrected chi connectivity index (χ0v) is 15.6. The van der Waals surface area contributed by atoms with Gasteiger partial charge in [-0.2, -0.15) is 0 Å². The van der Waals surface area contributed by atoms with Gasteiger partial charge in [0.15, 0.2) is 0 Å². The number of aromatic nitrogens is 3. The van der Waals surface area contributed by atoms with Crippen LogP contribution in [0.5, 0.6) is 0 Å². The summed E-state index contributed by atoms with van der Waals surface area (Å²) in [5.41, 5.74) is 4.84. The van der Waals surface area contributed by atoms with Gasteiger partial charge in [0, 0.05) is 31.0 Å². The van der Waals surface area contributed by atoms with Crippen LogP contribution in [0.15, 0.2) is 30.9 Å². The van der Waals surface area contributed by atoms with Crippen LogP contribution < -0.4 is 15.8 Å². The van der Waals surface area contributed by atoms with Crippen molar-refractivity contribution in [3.8, 4) is 0 Å². The number of nitrogens with one attached hydrogen (secondary N) is 2. The minimum Gasteiger partial charge on any atom is -0.469 e. The Balaban J connectivity index is 1.75. The predicted molar refractivity (Wildman–Crippen MR) is 101 cm³/mol. The van der Waals surface area contributed by atoms with Gasteiger partial charge >= 0.3 is 11.7 Å². The maximum atomic E-state index is 12.1. The van der Waals surface area contributed by atoms with E-state index in [0.717, 1.165) is 0 Å². The molecular formula is C17H19N7O5. The number of piperidine rings is 1. The molecule has 2 aromatic rings. The first-order valence-corrected chi connectivity index (χ1v) is 8.79. The number of nitrogens with zero attached hydrogens (tertiary/aromatic N) is 5. The van der Waals surface area contributed by atoms with Crippen LogP contribution in [-0.2, 0) is 9.53 Å². The number of esters is 1. The van der Waals surface area contributed by atoms with Gasteiger partial charge in [0.2, 0.25) is 11.6 Å². The Morgan fingerprint density at radius 3 is 2.55 bits per heavy atom.